The first kappa shape index (κ1) is 14.3. The van der Waals surface area contributed by atoms with Crippen LogP contribution in [0.5, 0.6) is 5.75 Å². The van der Waals surface area contributed by atoms with Crippen LogP contribution in [0.4, 0.5) is 5.82 Å². The minimum atomic E-state index is 0.157. The summed E-state index contributed by atoms with van der Waals surface area (Å²) in [5.41, 5.74) is 1.31. The number of ether oxygens (including phenoxy) is 1. The van der Waals surface area contributed by atoms with Crippen molar-refractivity contribution < 1.29 is 9.53 Å². The number of nitrogens with one attached hydrogen (secondary N) is 1. The van der Waals surface area contributed by atoms with Gasteiger partial charge < -0.3 is 10.1 Å². The molecule has 0 radical (unpaired) electrons. The van der Waals surface area contributed by atoms with Crippen molar-refractivity contribution >= 4 is 23.7 Å². The number of carbonyl (C=O) groups excluding carboxylic acids is 1. The number of aromatic nitrogens is 2. The highest BCUT2D eigenvalue weighted by Crippen LogP contribution is 2.20. The zero-order valence-electron chi connectivity index (χ0n) is 11.2. The van der Waals surface area contributed by atoms with E-state index in [0.29, 0.717) is 24.5 Å². The molecule has 5 nitrogen and oxygen atoms in total. The molecular weight excluding hydrogens is 278 g/mol. The molecule has 0 unspecified atom stereocenters. The van der Waals surface area contributed by atoms with Crippen LogP contribution >= 0.6 is 11.6 Å². The lowest BCUT2D eigenvalue weighted by molar-refractivity contribution is 0.112. The van der Waals surface area contributed by atoms with E-state index in [4.69, 9.17) is 16.3 Å². The summed E-state index contributed by atoms with van der Waals surface area (Å²) in [4.78, 5) is 19.2. The molecule has 0 aliphatic rings. The molecule has 0 amide bonds. The minimum Gasteiger partial charge on any atom is -0.497 e. The van der Waals surface area contributed by atoms with Crippen LogP contribution < -0.4 is 10.1 Å². The van der Waals surface area contributed by atoms with Crippen molar-refractivity contribution in [1.82, 2.24) is 9.97 Å². The number of methoxy groups -OCH3 is 1. The van der Waals surface area contributed by atoms with Crippen molar-refractivity contribution in [3.63, 3.8) is 0 Å². The van der Waals surface area contributed by atoms with Crippen LogP contribution in [0, 0.1) is 6.92 Å². The number of nitrogens with zero attached hydrogens (tertiary/aromatic N) is 2. The van der Waals surface area contributed by atoms with Gasteiger partial charge in [-0.15, -0.1) is 0 Å². The molecular formula is C14H14ClN3O2. The smallest absolute Gasteiger partial charge is 0.156 e. The summed E-state index contributed by atoms with van der Waals surface area (Å²) in [5, 5.41) is 3.25. The predicted octanol–water partition coefficient (Wildman–Crippen LogP) is 2.87. The van der Waals surface area contributed by atoms with Crippen molar-refractivity contribution in [2.45, 2.75) is 13.5 Å². The molecule has 0 aliphatic carbocycles. The molecule has 1 aromatic heterocycles. The molecule has 0 bridgehead atoms. The van der Waals surface area contributed by atoms with Gasteiger partial charge in [0.2, 0.25) is 0 Å². The zero-order chi connectivity index (χ0) is 14.5. The van der Waals surface area contributed by atoms with E-state index in [9.17, 15) is 4.79 Å². The number of carbonyl (C=O) groups is 1. The molecule has 104 valence electrons. The Morgan fingerprint density at radius 2 is 2.00 bits per heavy atom. The van der Waals surface area contributed by atoms with Gasteiger partial charge in [0.1, 0.15) is 22.5 Å². The Balaban J connectivity index is 2.15. The second kappa shape index (κ2) is 6.34. The second-order valence-electron chi connectivity index (χ2n) is 4.14. The van der Waals surface area contributed by atoms with Gasteiger partial charge >= 0.3 is 0 Å². The van der Waals surface area contributed by atoms with E-state index in [0.717, 1.165) is 11.3 Å². The van der Waals surface area contributed by atoms with Gasteiger partial charge in [-0.2, -0.15) is 0 Å². The number of aryl methyl sites for hydroxylation is 1. The third-order valence-electron chi connectivity index (χ3n) is 2.75. The van der Waals surface area contributed by atoms with Crippen molar-refractivity contribution in [3.05, 3.63) is 46.4 Å². The molecule has 0 saturated heterocycles. The van der Waals surface area contributed by atoms with Crippen LogP contribution in [-0.4, -0.2) is 23.4 Å². The van der Waals surface area contributed by atoms with Crippen molar-refractivity contribution in [2.75, 3.05) is 12.4 Å². The highest BCUT2D eigenvalue weighted by Gasteiger charge is 2.10. The highest BCUT2D eigenvalue weighted by atomic mass is 35.5. The number of rotatable bonds is 5. The van der Waals surface area contributed by atoms with Gasteiger partial charge in [0, 0.05) is 6.54 Å². The first-order valence-corrected chi connectivity index (χ1v) is 6.38. The van der Waals surface area contributed by atoms with Crippen LogP contribution in [0.15, 0.2) is 24.3 Å². The Labute approximate surface area is 122 Å². The summed E-state index contributed by atoms with van der Waals surface area (Å²) in [6.45, 7) is 2.25. The summed E-state index contributed by atoms with van der Waals surface area (Å²) in [6, 6.07) is 7.61. The van der Waals surface area contributed by atoms with Gasteiger partial charge in [-0.05, 0) is 24.6 Å². The molecule has 0 fully saturated rings. The number of benzene rings is 1. The topological polar surface area (TPSA) is 64.1 Å². The number of aldehydes is 1. The first-order chi connectivity index (χ1) is 9.63. The Morgan fingerprint density at radius 3 is 2.60 bits per heavy atom. The molecule has 0 atom stereocenters. The van der Waals surface area contributed by atoms with Crippen LogP contribution in [0.1, 0.15) is 21.7 Å². The van der Waals surface area contributed by atoms with E-state index < -0.39 is 0 Å². The molecule has 2 aromatic rings. The standard InChI is InChI=1S/C14H14ClN3O2/c1-9-17-13(15)12(8-19)14(18-9)16-7-10-3-5-11(20-2)6-4-10/h3-6,8H,7H2,1-2H3,(H,16,17,18). The molecule has 2 rings (SSSR count). The molecule has 0 spiro atoms. The molecule has 1 aromatic carbocycles. The summed E-state index contributed by atoms with van der Waals surface area (Å²) < 4.78 is 5.10. The van der Waals surface area contributed by atoms with Gasteiger partial charge in [0.25, 0.3) is 0 Å². The second-order valence-corrected chi connectivity index (χ2v) is 4.50. The normalized spacial score (nSPS) is 10.2. The largest absolute Gasteiger partial charge is 0.497 e. The maximum atomic E-state index is 11.0. The van der Waals surface area contributed by atoms with E-state index in [1.165, 1.54) is 0 Å². The number of halogens is 1. The fourth-order valence-corrected chi connectivity index (χ4v) is 1.97. The van der Waals surface area contributed by atoms with Crippen molar-refractivity contribution in [1.29, 1.82) is 0 Å². The molecule has 6 heteroatoms. The maximum absolute atomic E-state index is 11.0. The summed E-state index contributed by atoms with van der Waals surface area (Å²) in [7, 11) is 1.62. The lowest BCUT2D eigenvalue weighted by Crippen LogP contribution is -2.07. The average Bonchev–Trinajstić information content (AvgIpc) is 2.45. The molecule has 1 N–H and O–H groups in total. The number of hydrogen-bond acceptors (Lipinski definition) is 5. The quantitative estimate of drug-likeness (QED) is 0.678. The molecule has 0 aliphatic heterocycles. The van der Waals surface area contributed by atoms with Crippen LogP contribution in [0.2, 0.25) is 5.15 Å². The van der Waals surface area contributed by atoms with E-state index in [1.807, 2.05) is 24.3 Å². The third-order valence-corrected chi connectivity index (χ3v) is 3.04. The average molecular weight is 292 g/mol. The fraction of sp³-hybridized carbons (Fsp3) is 0.214. The molecule has 0 saturated carbocycles. The molecule has 1 heterocycles. The van der Waals surface area contributed by atoms with E-state index in [1.54, 1.807) is 14.0 Å². The van der Waals surface area contributed by atoms with Crippen molar-refractivity contribution in [2.24, 2.45) is 0 Å². The van der Waals surface area contributed by atoms with Gasteiger partial charge in [-0.3, -0.25) is 4.79 Å². The van der Waals surface area contributed by atoms with E-state index in [2.05, 4.69) is 15.3 Å². The third kappa shape index (κ3) is 3.24. The van der Waals surface area contributed by atoms with Gasteiger partial charge in [0.15, 0.2) is 6.29 Å². The zero-order valence-corrected chi connectivity index (χ0v) is 11.9. The summed E-state index contributed by atoms with van der Waals surface area (Å²) in [6.07, 6.45) is 0.651. The van der Waals surface area contributed by atoms with Crippen LogP contribution in [-0.2, 0) is 6.54 Å². The number of anilines is 1. The van der Waals surface area contributed by atoms with Crippen LogP contribution in [0.25, 0.3) is 0 Å². The monoisotopic (exact) mass is 291 g/mol. The lowest BCUT2D eigenvalue weighted by Gasteiger charge is -2.10. The van der Waals surface area contributed by atoms with E-state index >= 15 is 0 Å². The summed E-state index contributed by atoms with van der Waals surface area (Å²) in [5.74, 6) is 1.74. The fourth-order valence-electron chi connectivity index (χ4n) is 1.72. The Morgan fingerprint density at radius 1 is 1.30 bits per heavy atom. The van der Waals surface area contributed by atoms with E-state index in [-0.39, 0.29) is 10.7 Å². The minimum absolute atomic E-state index is 0.157. The summed E-state index contributed by atoms with van der Waals surface area (Å²) >= 11 is 5.92. The Kier molecular flexibility index (Phi) is 4.53. The Bertz CT molecular complexity index is 615. The highest BCUT2D eigenvalue weighted by molar-refractivity contribution is 6.32. The lowest BCUT2D eigenvalue weighted by atomic mass is 10.2. The van der Waals surface area contributed by atoms with Crippen LogP contribution in [0.3, 0.4) is 0 Å². The molecule has 20 heavy (non-hydrogen) atoms. The number of hydrogen-bond donors (Lipinski definition) is 1. The van der Waals surface area contributed by atoms with Crippen molar-refractivity contribution in [3.8, 4) is 5.75 Å². The maximum Gasteiger partial charge on any atom is 0.156 e. The van der Waals surface area contributed by atoms with Gasteiger partial charge in [0.05, 0.1) is 12.7 Å². The Hall–Kier alpha value is -2.14. The first-order valence-electron chi connectivity index (χ1n) is 6.00. The van der Waals surface area contributed by atoms with Gasteiger partial charge in [-0.25, -0.2) is 9.97 Å². The van der Waals surface area contributed by atoms with Gasteiger partial charge in [-0.1, -0.05) is 23.7 Å². The SMILES string of the molecule is COc1ccc(CNc2nc(C)nc(Cl)c2C=O)cc1. The predicted molar refractivity (Wildman–Crippen MR) is 77.5 cm³/mol.